The van der Waals surface area contributed by atoms with Gasteiger partial charge in [-0.05, 0) is 6.07 Å². The minimum Gasteiger partial charge on any atom is -0.439 e. The van der Waals surface area contributed by atoms with E-state index in [1.165, 1.54) is 0 Å². The molecule has 0 aromatic carbocycles. The first-order valence-electron chi connectivity index (χ1n) is 6.30. The highest BCUT2D eigenvalue weighted by Gasteiger charge is 2.19. The Labute approximate surface area is 114 Å². The molecule has 0 radical (unpaired) electrons. The van der Waals surface area contributed by atoms with Crippen LogP contribution in [0.1, 0.15) is 11.7 Å². The normalized spacial score (nSPS) is 11.5. The Kier molecular flexibility index (Phi) is 2.14. The number of nitrogens with zero attached hydrogens (tertiary/aromatic N) is 4. The molecule has 4 aromatic rings. The Hall–Kier alpha value is -2.76. The van der Waals surface area contributed by atoms with Gasteiger partial charge in [-0.25, -0.2) is 4.98 Å². The van der Waals surface area contributed by atoms with Crippen LogP contribution in [0.5, 0.6) is 0 Å². The Bertz CT molecular complexity index is 937. The molecule has 1 N–H and O–H groups in total. The van der Waals surface area contributed by atoms with E-state index >= 15 is 0 Å². The summed E-state index contributed by atoms with van der Waals surface area (Å²) in [5.41, 5.74) is 3.29. The van der Waals surface area contributed by atoms with Crippen LogP contribution in [-0.2, 0) is 0 Å². The number of aromatic nitrogens is 5. The van der Waals surface area contributed by atoms with E-state index in [2.05, 4.69) is 19.9 Å². The van der Waals surface area contributed by atoms with Gasteiger partial charge < -0.3 is 4.42 Å². The fraction of sp³-hybridized carbons (Fsp3) is 0.143. The van der Waals surface area contributed by atoms with Crippen molar-refractivity contribution in [3.8, 4) is 5.69 Å². The van der Waals surface area contributed by atoms with Crippen LogP contribution in [0.25, 0.3) is 27.8 Å². The van der Waals surface area contributed by atoms with Crippen LogP contribution >= 0.6 is 0 Å². The highest BCUT2D eigenvalue weighted by atomic mass is 16.3. The fourth-order valence-corrected chi connectivity index (χ4v) is 2.46. The summed E-state index contributed by atoms with van der Waals surface area (Å²) in [5.74, 6) is 1.48. The van der Waals surface area contributed by atoms with Crippen molar-refractivity contribution in [2.75, 3.05) is 0 Å². The minimum atomic E-state index is 0.624. The second-order valence-electron chi connectivity index (χ2n) is 4.66. The molecule has 0 aliphatic heterocycles. The fourth-order valence-electron chi connectivity index (χ4n) is 2.46. The summed E-state index contributed by atoms with van der Waals surface area (Å²) in [6, 6.07) is 1.99. The van der Waals surface area contributed by atoms with Gasteiger partial charge in [-0.15, -0.1) is 4.98 Å². The summed E-state index contributed by atoms with van der Waals surface area (Å²) in [6.45, 7) is 3.78. The van der Waals surface area contributed by atoms with E-state index in [1.54, 1.807) is 12.4 Å². The summed E-state index contributed by atoms with van der Waals surface area (Å²) < 4.78 is 7.55. The Balaban J connectivity index is 2.16. The number of rotatable bonds is 1. The van der Waals surface area contributed by atoms with Crippen molar-refractivity contribution in [1.82, 2.24) is 19.9 Å². The molecule has 4 heterocycles. The van der Waals surface area contributed by atoms with Gasteiger partial charge in [-0.1, -0.05) is 0 Å². The first-order chi connectivity index (χ1) is 9.74. The molecule has 4 rings (SSSR count). The number of hydrogen-bond acceptors (Lipinski definition) is 4. The van der Waals surface area contributed by atoms with Crippen molar-refractivity contribution < 1.29 is 8.98 Å². The van der Waals surface area contributed by atoms with Gasteiger partial charge >= 0.3 is 0 Å². The molecule has 0 bridgehead atoms. The van der Waals surface area contributed by atoms with E-state index in [0.717, 1.165) is 28.1 Å². The van der Waals surface area contributed by atoms with Gasteiger partial charge in [0.1, 0.15) is 6.20 Å². The van der Waals surface area contributed by atoms with E-state index in [1.807, 2.05) is 36.9 Å². The standard InChI is InChI=1S/C14H11N5O/c1-8-17-5-10-3-4-16-14(10)19(8)11-6-15-7-12-13(11)18-9(2)20-12/h3-7H,1-2H3/p+1. The summed E-state index contributed by atoms with van der Waals surface area (Å²) >= 11 is 0. The monoisotopic (exact) mass is 266 g/mol. The van der Waals surface area contributed by atoms with Gasteiger partial charge in [0.05, 0.1) is 24.0 Å². The van der Waals surface area contributed by atoms with Crippen molar-refractivity contribution in [3.05, 3.63) is 42.6 Å². The quantitative estimate of drug-likeness (QED) is 0.535. The zero-order valence-corrected chi connectivity index (χ0v) is 11.1. The van der Waals surface area contributed by atoms with E-state index in [-0.39, 0.29) is 0 Å². The van der Waals surface area contributed by atoms with Gasteiger partial charge in [0, 0.05) is 13.8 Å². The lowest BCUT2D eigenvalue weighted by Gasteiger charge is -2.04. The number of aromatic amines is 1. The Morgan fingerprint density at radius 3 is 3.00 bits per heavy atom. The molecule has 0 fully saturated rings. The highest BCUT2D eigenvalue weighted by Crippen LogP contribution is 2.19. The number of H-pyrrole nitrogens is 1. The number of pyridine rings is 1. The highest BCUT2D eigenvalue weighted by molar-refractivity contribution is 5.80. The van der Waals surface area contributed by atoms with Gasteiger partial charge in [0.15, 0.2) is 22.7 Å². The van der Waals surface area contributed by atoms with Crippen molar-refractivity contribution in [3.63, 3.8) is 0 Å². The maximum Gasteiger partial charge on any atom is 0.241 e. The largest absolute Gasteiger partial charge is 0.439 e. The average molecular weight is 266 g/mol. The molecule has 0 atom stereocenters. The molecular formula is C14H12N5O+. The third-order valence-corrected chi connectivity index (χ3v) is 3.33. The molecule has 0 amide bonds. The zero-order valence-electron chi connectivity index (χ0n) is 11.1. The van der Waals surface area contributed by atoms with Crippen molar-refractivity contribution in [2.45, 2.75) is 13.8 Å². The second-order valence-corrected chi connectivity index (χ2v) is 4.66. The molecule has 20 heavy (non-hydrogen) atoms. The SMILES string of the molecule is Cc1nc2c(-[n+]3c(C)ncc4cc[nH]c43)cncc2o1. The molecule has 6 nitrogen and oxygen atoms in total. The molecule has 0 unspecified atom stereocenters. The van der Waals surface area contributed by atoms with Crippen molar-refractivity contribution >= 4 is 22.1 Å². The lowest BCUT2D eigenvalue weighted by atomic mass is 10.3. The van der Waals surface area contributed by atoms with E-state index in [9.17, 15) is 0 Å². The molecule has 0 aliphatic carbocycles. The summed E-state index contributed by atoms with van der Waals surface area (Å²) in [7, 11) is 0. The Morgan fingerprint density at radius 1 is 1.20 bits per heavy atom. The molecule has 98 valence electrons. The van der Waals surface area contributed by atoms with E-state index < -0.39 is 0 Å². The van der Waals surface area contributed by atoms with Crippen LogP contribution in [0.3, 0.4) is 0 Å². The number of hydrogen-bond donors (Lipinski definition) is 1. The third kappa shape index (κ3) is 1.45. The first-order valence-corrected chi connectivity index (χ1v) is 6.30. The van der Waals surface area contributed by atoms with Crippen LogP contribution in [0.4, 0.5) is 0 Å². The Morgan fingerprint density at radius 2 is 2.10 bits per heavy atom. The number of aryl methyl sites for hydroxylation is 2. The summed E-state index contributed by atoms with van der Waals surface area (Å²) in [4.78, 5) is 16.4. The van der Waals surface area contributed by atoms with Crippen molar-refractivity contribution in [1.29, 1.82) is 0 Å². The second kappa shape index (κ2) is 3.86. The average Bonchev–Trinajstić information content (AvgIpc) is 3.03. The molecule has 0 saturated carbocycles. The smallest absolute Gasteiger partial charge is 0.241 e. The molecule has 4 aromatic heterocycles. The minimum absolute atomic E-state index is 0.624. The predicted molar refractivity (Wildman–Crippen MR) is 72.5 cm³/mol. The van der Waals surface area contributed by atoms with Gasteiger partial charge in [0.2, 0.25) is 11.5 Å². The predicted octanol–water partition coefficient (Wildman–Crippen LogP) is 1.99. The van der Waals surface area contributed by atoms with E-state index in [0.29, 0.717) is 11.5 Å². The summed E-state index contributed by atoms with van der Waals surface area (Å²) in [6.07, 6.45) is 7.19. The molecule has 6 heteroatoms. The topological polar surface area (TPSA) is 71.5 Å². The maximum atomic E-state index is 5.55. The molecular weight excluding hydrogens is 254 g/mol. The lowest BCUT2D eigenvalue weighted by Crippen LogP contribution is -2.37. The number of fused-ring (bicyclic) bond motifs is 2. The first kappa shape index (κ1) is 11.1. The maximum absolute atomic E-state index is 5.55. The van der Waals surface area contributed by atoms with Gasteiger partial charge in [-0.2, -0.15) is 4.57 Å². The zero-order chi connectivity index (χ0) is 13.7. The van der Waals surface area contributed by atoms with Gasteiger partial charge in [-0.3, -0.25) is 9.97 Å². The lowest BCUT2D eigenvalue weighted by molar-refractivity contribution is -0.579. The van der Waals surface area contributed by atoms with Crippen LogP contribution in [0, 0.1) is 13.8 Å². The summed E-state index contributed by atoms with van der Waals surface area (Å²) in [5, 5.41) is 1.04. The van der Waals surface area contributed by atoms with Crippen LogP contribution < -0.4 is 4.57 Å². The molecule has 0 saturated heterocycles. The number of oxazole rings is 1. The number of nitrogens with one attached hydrogen (secondary N) is 1. The van der Waals surface area contributed by atoms with Crippen LogP contribution in [0.2, 0.25) is 0 Å². The van der Waals surface area contributed by atoms with Crippen molar-refractivity contribution in [2.24, 2.45) is 0 Å². The van der Waals surface area contributed by atoms with Crippen LogP contribution in [0.15, 0.2) is 35.3 Å². The van der Waals surface area contributed by atoms with E-state index in [4.69, 9.17) is 4.42 Å². The van der Waals surface area contributed by atoms with Gasteiger partial charge in [0.25, 0.3) is 0 Å². The molecule has 0 aliphatic rings. The molecule has 0 spiro atoms. The third-order valence-electron chi connectivity index (χ3n) is 3.33. The van der Waals surface area contributed by atoms with Crippen LogP contribution in [-0.4, -0.2) is 19.9 Å².